The van der Waals surface area contributed by atoms with Crippen LogP contribution in [0.1, 0.15) is 13.8 Å². The summed E-state index contributed by atoms with van der Waals surface area (Å²) in [6.07, 6.45) is 0.988. The van der Waals surface area contributed by atoms with E-state index in [9.17, 15) is 21.6 Å². The quantitative estimate of drug-likeness (QED) is 0.546. The number of carbonyl (C=O) groups is 1. The molecule has 0 unspecified atom stereocenters. The summed E-state index contributed by atoms with van der Waals surface area (Å²) in [7, 11) is -7.39. The summed E-state index contributed by atoms with van der Waals surface area (Å²) in [4.78, 5) is 12.7. The van der Waals surface area contributed by atoms with Gasteiger partial charge in [0.05, 0.1) is 36.2 Å². The van der Waals surface area contributed by atoms with E-state index in [1.54, 1.807) is 24.3 Å². The fourth-order valence-corrected chi connectivity index (χ4v) is 5.60. The maximum atomic E-state index is 12.7. The standard InChI is InChI=1S/C22H29N3O7S2/c1-17(2)32-20-8-6-19(7-9-20)25(33(3,27)28)16-22(26)23-18-4-10-21(11-5-18)34(29,30)24-12-14-31-15-13-24/h4-11,17H,12-16H2,1-3H3,(H,23,26). The lowest BCUT2D eigenvalue weighted by molar-refractivity contribution is -0.114. The number of rotatable bonds is 9. The number of ether oxygens (including phenoxy) is 2. The molecule has 3 rings (SSSR count). The molecule has 10 nitrogen and oxygen atoms in total. The largest absolute Gasteiger partial charge is 0.491 e. The number of carbonyl (C=O) groups excluding carboxylic acids is 1. The number of anilines is 2. The van der Waals surface area contributed by atoms with Gasteiger partial charge in [-0.15, -0.1) is 0 Å². The van der Waals surface area contributed by atoms with Crippen LogP contribution in [-0.2, 0) is 29.6 Å². The molecule has 1 aliphatic heterocycles. The van der Waals surface area contributed by atoms with E-state index in [1.807, 2.05) is 13.8 Å². The third-order valence-corrected chi connectivity index (χ3v) is 7.98. The molecule has 186 valence electrons. The van der Waals surface area contributed by atoms with E-state index in [0.29, 0.717) is 30.3 Å². The Morgan fingerprint density at radius 3 is 2.15 bits per heavy atom. The van der Waals surface area contributed by atoms with Crippen molar-refractivity contribution in [3.05, 3.63) is 48.5 Å². The summed E-state index contributed by atoms with van der Waals surface area (Å²) in [5, 5.41) is 2.61. The summed E-state index contributed by atoms with van der Waals surface area (Å²) in [6.45, 7) is 4.57. The summed E-state index contributed by atoms with van der Waals surface area (Å²) in [6, 6.07) is 12.2. The van der Waals surface area contributed by atoms with E-state index < -0.39 is 32.5 Å². The van der Waals surface area contributed by atoms with Crippen LogP contribution in [0.3, 0.4) is 0 Å². The Morgan fingerprint density at radius 1 is 1.03 bits per heavy atom. The number of hydrogen-bond acceptors (Lipinski definition) is 7. The molecular formula is C22H29N3O7S2. The highest BCUT2D eigenvalue weighted by Crippen LogP contribution is 2.23. The van der Waals surface area contributed by atoms with E-state index in [4.69, 9.17) is 9.47 Å². The molecule has 1 saturated heterocycles. The first kappa shape index (κ1) is 25.9. The van der Waals surface area contributed by atoms with Crippen molar-refractivity contribution in [1.82, 2.24) is 4.31 Å². The predicted molar refractivity (Wildman–Crippen MR) is 129 cm³/mol. The molecular weight excluding hydrogens is 482 g/mol. The molecule has 34 heavy (non-hydrogen) atoms. The second-order valence-electron chi connectivity index (χ2n) is 8.02. The van der Waals surface area contributed by atoms with E-state index >= 15 is 0 Å². The summed E-state index contributed by atoms with van der Waals surface area (Å²) < 4.78 is 63.2. The zero-order chi connectivity index (χ0) is 24.9. The van der Waals surface area contributed by atoms with Crippen molar-refractivity contribution in [2.75, 3.05) is 48.7 Å². The Bertz CT molecular complexity index is 1190. The fourth-order valence-electron chi connectivity index (χ4n) is 3.34. The van der Waals surface area contributed by atoms with Crippen LogP contribution in [0.5, 0.6) is 5.75 Å². The molecule has 0 spiro atoms. The Kier molecular flexibility index (Phi) is 8.18. The lowest BCUT2D eigenvalue weighted by Crippen LogP contribution is -2.40. The third kappa shape index (κ3) is 6.69. The normalized spacial score (nSPS) is 15.2. The highest BCUT2D eigenvalue weighted by Gasteiger charge is 2.26. The van der Waals surface area contributed by atoms with Crippen LogP contribution in [-0.4, -0.2) is 72.3 Å². The molecule has 0 aliphatic carbocycles. The maximum Gasteiger partial charge on any atom is 0.245 e. The van der Waals surface area contributed by atoms with Crippen molar-refractivity contribution in [2.24, 2.45) is 0 Å². The molecule has 2 aromatic rings. The molecule has 1 N–H and O–H groups in total. The molecule has 1 aliphatic rings. The minimum atomic E-state index is -3.74. The number of nitrogens with one attached hydrogen (secondary N) is 1. The van der Waals surface area contributed by atoms with Crippen LogP contribution in [0.15, 0.2) is 53.4 Å². The molecule has 0 aromatic heterocycles. The molecule has 1 fully saturated rings. The lowest BCUT2D eigenvalue weighted by Gasteiger charge is -2.26. The number of amides is 1. The van der Waals surface area contributed by atoms with Gasteiger partial charge in [0.2, 0.25) is 26.0 Å². The van der Waals surface area contributed by atoms with Crippen molar-refractivity contribution in [2.45, 2.75) is 24.8 Å². The Morgan fingerprint density at radius 2 is 1.62 bits per heavy atom. The number of hydrogen-bond donors (Lipinski definition) is 1. The second kappa shape index (κ2) is 10.7. The molecule has 1 heterocycles. The van der Waals surface area contributed by atoms with Gasteiger partial charge in [0.15, 0.2) is 0 Å². The molecule has 0 saturated carbocycles. The van der Waals surface area contributed by atoms with Gasteiger partial charge in [-0.25, -0.2) is 16.8 Å². The van der Waals surface area contributed by atoms with Crippen LogP contribution in [0.2, 0.25) is 0 Å². The van der Waals surface area contributed by atoms with Crippen molar-refractivity contribution < 1.29 is 31.1 Å². The molecule has 0 atom stereocenters. The zero-order valence-electron chi connectivity index (χ0n) is 19.3. The SMILES string of the molecule is CC(C)Oc1ccc(N(CC(=O)Nc2ccc(S(=O)(=O)N3CCOCC3)cc2)S(C)(=O)=O)cc1. The molecule has 0 radical (unpaired) electrons. The number of morpholine rings is 1. The van der Waals surface area contributed by atoms with Crippen molar-refractivity contribution in [1.29, 1.82) is 0 Å². The van der Waals surface area contributed by atoms with Crippen molar-refractivity contribution >= 4 is 37.3 Å². The van der Waals surface area contributed by atoms with Crippen LogP contribution in [0.4, 0.5) is 11.4 Å². The van der Waals surface area contributed by atoms with Crippen LogP contribution >= 0.6 is 0 Å². The van der Waals surface area contributed by atoms with Gasteiger partial charge in [-0.05, 0) is 62.4 Å². The number of sulfonamides is 2. The summed E-state index contributed by atoms with van der Waals surface area (Å²) >= 11 is 0. The van der Waals surface area contributed by atoms with Crippen LogP contribution in [0, 0.1) is 0 Å². The highest BCUT2D eigenvalue weighted by atomic mass is 32.2. The second-order valence-corrected chi connectivity index (χ2v) is 11.9. The average molecular weight is 512 g/mol. The minimum absolute atomic E-state index is 0.0297. The fraction of sp³-hybridized carbons (Fsp3) is 0.409. The first-order valence-electron chi connectivity index (χ1n) is 10.7. The Labute approximate surface area is 200 Å². The van der Waals surface area contributed by atoms with Gasteiger partial charge in [-0.3, -0.25) is 9.10 Å². The van der Waals surface area contributed by atoms with Gasteiger partial charge >= 0.3 is 0 Å². The number of nitrogens with zero attached hydrogens (tertiary/aromatic N) is 2. The molecule has 2 aromatic carbocycles. The van der Waals surface area contributed by atoms with Gasteiger partial charge in [0, 0.05) is 18.8 Å². The van der Waals surface area contributed by atoms with E-state index in [1.165, 1.54) is 28.6 Å². The first-order valence-corrected chi connectivity index (χ1v) is 14.0. The third-order valence-electron chi connectivity index (χ3n) is 4.93. The van der Waals surface area contributed by atoms with Gasteiger partial charge in [-0.2, -0.15) is 4.31 Å². The van der Waals surface area contributed by atoms with E-state index in [-0.39, 0.29) is 24.1 Å². The highest BCUT2D eigenvalue weighted by molar-refractivity contribution is 7.92. The molecule has 1 amide bonds. The van der Waals surface area contributed by atoms with Crippen molar-refractivity contribution in [3.63, 3.8) is 0 Å². The summed E-state index contributed by atoms with van der Waals surface area (Å²) in [5.41, 5.74) is 0.667. The van der Waals surface area contributed by atoms with Gasteiger partial charge in [-0.1, -0.05) is 0 Å². The van der Waals surface area contributed by atoms with Crippen LogP contribution in [0.25, 0.3) is 0 Å². The molecule has 0 bridgehead atoms. The van der Waals surface area contributed by atoms with Crippen molar-refractivity contribution in [3.8, 4) is 5.75 Å². The molecule has 12 heteroatoms. The Hall–Kier alpha value is -2.67. The van der Waals surface area contributed by atoms with Crippen LogP contribution < -0.4 is 14.4 Å². The Balaban J connectivity index is 1.69. The summed E-state index contributed by atoms with van der Waals surface area (Å²) in [5.74, 6) is 0.0143. The van der Waals surface area contributed by atoms with E-state index in [2.05, 4.69) is 5.32 Å². The van der Waals surface area contributed by atoms with Gasteiger partial charge < -0.3 is 14.8 Å². The predicted octanol–water partition coefficient (Wildman–Crippen LogP) is 1.90. The zero-order valence-corrected chi connectivity index (χ0v) is 20.9. The van der Waals surface area contributed by atoms with Gasteiger partial charge in [0.1, 0.15) is 12.3 Å². The average Bonchev–Trinajstić information content (AvgIpc) is 2.78. The van der Waals surface area contributed by atoms with E-state index in [0.717, 1.165) is 10.6 Å². The maximum absolute atomic E-state index is 12.7. The topological polar surface area (TPSA) is 122 Å². The monoisotopic (exact) mass is 511 g/mol. The number of benzene rings is 2. The lowest BCUT2D eigenvalue weighted by atomic mass is 10.3. The first-order chi connectivity index (χ1) is 16.0. The minimum Gasteiger partial charge on any atom is -0.491 e. The van der Waals surface area contributed by atoms with Gasteiger partial charge in [0.25, 0.3) is 0 Å². The smallest absolute Gasteiger partial charge is 0.245 e.